The van der Waals surface area contributed by atoms with E-state index in [1.54, 1.807) is 11.3 Å². The maximum absolute atomic E-state index is 6.24. The Labute approximate surface area is 118 Å². The summed E-state index contributed by atoms with van der Waals surface area (Å²) in [6, 6.07) is 10.4. The van der Waals surface area contributed by atoms with Gasteiger partial charge in [0, 0.05) is 25.4 Å². The molecule has 0 unspecified atom stereocenters. The molecule has 0 aliphatic heterocycles. The Morgan fingerprint density at radius 3 is 2.81 bits per heavy atom. The third-order valence-corrected chi connectivity index (χ3v) is 4.31. The summed E-state index contributed by atoms with van der Waals surface area (Å²) in [5.41, 5.74) is 1.12. The van der Waals surface area contributed by atoms with Gasteiger partial charge in [-0.3, -0.25) is 0 Å². The number of thiophene rings is 1. The molecule has 0 spiro atoms. The zero-order valence-corrected chi connectivity index (χ0v) is 12.5. The molecule has 84 valence electrons. The second kappa shape index (κ2) is 5.49. The van der Waals surface area contributed by atoms with Crippen molar-refractivity contribution in [1.82, 2.24) is 5.32 Å². The fourth-order valence-electron chi connectivity index (χ4n) is 1.48. The normalized spacial score (nSPS) is 10.7. The average molecular weight is 364 g/mol. The number of halogens is 2. The quantitative estimate of drug-likeness (QED) is 0.797. The van der Waals surface area contributed by atoms with Gasteiger partial charge in [-0.25, -0.2) is 0 Å². The summed E-state index contributed by atoms with van der Waals surface area (Å²) in [4.78, 5) is 2.55. The summed E-state index contributed by atoms with van der Waals surface area (Å²) in [6.07, 6.45) is 0. The third kappa shape index (κ3) is 2.77. The molecule has 1 aromatic heterocycles. The van der Waals surface area contributed by atoms with Crippen LogP contribution in [-0.2, 0) is 6.54 Å². The van der Waals surface area contributed by atoms with Crippen LogP contribution in [0.5, 0.6) is 0 Å². The van der Waals surface area contributed by atoms with E-state index in [0.717, 1.165) is 17.1 Å². The molecule has 0 saturated heterocycles. The lowest BCUT2D eigenvalue weighted by molar-refractivity contribution is 0.831. The molecule has 0 aliphatic rings. The van der Waals surface area contributed by atoms with E-state index in [9.17, 15) is 0 Å². The largest absolute Gasteiger partial charge is 0.315 e. The maximum Gasteiger partial charge on any atom is 0.0503 e. The summed E-state index contributed by atoms with van der Waals surface area (Å²) in [5, 5.41) is 3.97. The minimum Gasteiger partial charge on any atom is -0.315 e. The van der Waals surface area contributed by atoms with Crippen LogP contribution >= 0.6 is 45.5 Å². The lowest BCUT2D eigenvalue weighted by atomic mass is 10.2. The van der Waals surface area contributed by atoms with Crippen molar-refractivity contribution >= 4 is 45.5 Å². The van der Waals surface area contributed by atoms with E-state index in [4.69, 9.17) is 11.6 Å². The van der Waals surface area contributed by atoms with Gasteiger partial charge in [-0.2, -0.15) is 0 Å². The topological polar surface area (TPSA) is 12.0 Å². The number of hydrogen-bond donors (Lipinski definition) is 1. The van der Waals surface area contributed by atoms with E-state index >= 15 is 0 Å². The molecule has 0 aliphatic carbocycles. The van der Waals surface area contributed by atoms with Crippen LogP contribution in [0.25, 0.3) is 10.4 Å². The van der Waals surface area contributed by atoms with Gasteiger partial charge in [-0.1, -0.05) is 17.7 Å². The Morgan fingerprint density at radius 2 is 2.12 bits per heavy atom. The number of nitrogens with one attached hydrogen (secondary N) is 1. The van der Waals surface area contributed by atoms with Crippen LogP contribution in [0.2, 0.25) is 5.02 Å². The minimum absolute atomic E-state index is 0.824. The predicted molar refractivity (Wildman–Crippen MR) is 80.2 cm³/mol. The average Bonchev–Trinajstić information content (AvgIpc) is 2.67. The first kappa shape index (κ1) is 12.4. The maximum atomic E-state index is 6.24. The molecule has 0 radical (unpaired) electrons. The fourth-order valence-corrected chi connectivity index (χ4v) is 3.55. The van der Waals surface area contributed by atoms with Gasteiger partial charge in [0.25, 0.3) is 0 Å². The lowest BCUT2D eigenvalue weighted by Gasteiger charge is -2.01. The first-order valence-corrected chi connectivity index (χ1v) is 7.17. The summed E-state index contributed by atoms with van der Waals surface area (Å²) >= 11 is 10.3. The molecule has 1 nitrogen and oxygen atoms in total. The van der Waals surface area contributed by atoms with E-state index in [1.807, 2.05) is 13.1 Å². The zero-order valence-electron chi connectivity index (χ0n) is 8.76. The lowest BCUT2D eigenvalue weighted by Crippen LogP contribution is -2.02. The van der Waals surface area contributed by atoms with E-state index in [0.29, 0.717) is 0 Å². The van der Waals surface area contributed by atoms with Crippen molar-refractivity contribution in [2.24, 2.45) is 0 Å². The van der Waals surface area contributed by atoms with E-state index < -0.39 is 0 Å². The van der Waals surface area contributed by atoms with Gasteiger partial charge in [0.05, 0.1) is 5.02 Å². The van der Waals surface area contributed by atoms with Crippen molar-refractivity contribution in [3.05, 3.63) is 43.8 Å². The van der Waals surface area contributed by atoms with Crippen molar-refractivity contribution in [2.75, 3.05) is 7.05 Å². The highest BCUT2D eigenvalue weighted by molar-refractivity contribution is 14.1. The second-order valence-electron chi connectivity index (χ2n) is 3.42. The van der Waals surface area contributed by atoms with Gasteiger partial charge in [-0.05, 0) is 53.9 Å². The van der Waals surface area contributed by atoms with E-state index in [2.05, 4.69) is 52.2 Å². The zero-order chi connectivity index (χ0) is 11.5. The van der Waals surface area contributed by atoms with Crippen molar-refractivity contribution in [3.8, 4) is 10.4 Å². The van der Waals surface area contributed by atoms with Crippen molar-refractivity contribution in [3.63, 3.8) is 0 Å². The highest BCUT2D eigenvalue weighted by atomic mass is 127. The third-order valence-electron chi connectivity index (χ3n) is 2.21. The van der Waals surface area contributed by atoms with Crippen LogP contribution in [0, 0.1) is 3.57 Å². The molecule has 2 aromatic rings. The van der Waals surface area contributed by atoms with Crippen molar-refractivity contribution < 1.29 is 0 Å². The Kier molecular flexibility index (Phi) is 4.24. The summed E-state index contributed by atoms with van der Waals surface area (Å²) < 4.78 is 1.17. The number of benzene rings is 1. The SMILES string of the molecule is CNCc1ccc(-c2ccc(I)cc2Cl)s1. The molecule has 0 amide bonds. The van der Waals surface area contributed by atoms with Gasteiger partial charge in [-0.15, -0.1) is 11.3 Å². The Balaban J connectivity index is 2.35. The van der Waals surface area contributed by atoms with E-state index in [-0.39, 0.29) is 0 Å². The molecule has 4 heteroatoms. The molecule has 16 heavy (non-hydrogen) atoms. The monoisotopic (exact) mass is 363 g/mol. The second-order valence-corrected chi connectivity index (χ2v) is 6.24. The molecule has 0 fully saturated rings. The molecular formula is C12H11ClINS. The van der Waals surface area contributed by atoms with Crippen LogP contribution < -0.4 is 5.32 Å². The first-order chi connectivity index (χ1) is 7.70. The highest BCUT2D eigenvalue weighted by Gasteiger charge is 2.06. The van der Waals surface area contributed by atoms with Crippen LogP contribution in [0.15, 0.2) is 30.3 Å². The Hall–Kier alpha value is -0.100. The predicted octanol–water partition coefficient (Wildman–Crippen LogP) is 4.39. The van der Waals surface area contributed by atoms with E-state index in [1.165, 1.54) is 13.3 Å². The molecule has 1 N–H and O–H groups in total. The summed E-state index contributed by atoms with van der Waals surface area (Å²) in [5.74, 6) is 0. The number of rotatable bonds is 3. The molecule has 0 saturated carbocycles. The fraction of sp³-hybridized carbons (Fsp3) is 0.167. The summed E-state index contributed by atoms with van der Waals surface area (Å²) in [6.45, 7) is 0.909. The van der Waals surface area contributed by atoms with Crippen molar-refractivity contribution in [2.45, 2.75) is 6.54 Å². The van der Waals surface area contributed by atoms with Gasteiger partial charge >= 0.3 is 0 Å². The molecule has 1 aromatic carbocycles. The molecule has 2 rings (SSSR count). The standard InChI is InChI=1S/C12H11ClINS/c1-15-7-9-3-5-12(16-9)10-4-2-8(14)6-11(10)13/h2-6,15H,7H2,1H3. The minimum atomic E-state index is 0.824. The highest BCUT2D eigenvalue weighted by Crippen LogP contribution is 2.34. The van der Waals surface area contributed by atoms with Crippen LogP contribution in [0.3, 0.4) is 0 Å². The van der Waals surface area contributed by atoms with Gasteiger partial charge in [0.15, 0.2) is 0 Å². The van der Waals surface area contributed by atoms with Crippen LogP contribution in [-0.4, -0.2) is 7.05 Å². The van der Waals surface area contributed by atoms with Crippen molar-refractivity contribution in [1.29, 1.82) is 0 Å². The van der Waals surface area contributed by atoms with Gasteiger partial charge in [0.1, 0.15) is 0 Å². The molecule has 0 bridgehead atoms. The Morgan fingerprint density at radius 1 is 1.31 bits per heavy atom. The molecular weight excluding hydrogens is 353 g/mol. The van der Waals surface area contributed by atoms with Crippen LogP contribution in [0.1, 0.15) is 4.88 Å². The van der Waals surface area contributed by atoms with Crippen LogP contribution in [0.4, 0.5) is 0 Å². The summed E-state index contributed by atoms with van der Waals surface area (Å²) in [7, 11) is 1.96. The van der Waals surface area contributed by atoms with Gasteiger partial charge < -0.3 is 5.32 Å². The smallest absolute Gasteiger partial charge is 0.0503 e. The first-order valence-electron chi connectivity index (χ1n) is 4.89. The molecule has 0 atom stereocenters. The Bertz CT molecular complexity index is 496. The number of hydrogen-bond acceptors (Lipinski definition) is 2. The van der Waals surface area contributed by atoms with Gasteiger partial charge in [0.2, 0.25) is 0 Å². The molecule has 1 heterocycles.